The highest BCUT2D eigenvalue weighted by molar-refractivity contribution is 5.76. The monoisotopic (exact) mass is 210 g/mol. The summed E-state index contributed by atoms with van der Waals surface area (Å²) in [6, 6.07) is 0. The molecule has 86 valence electrons. The summed E-state index contributed by atoms with van der Waals surface area (Å²) in [7, 11) is 0. The van der Waals surface area contributed by atoms with E-state index in [9.17, 15) is 4.79 Å². The highest BCUT2D eigenvalue weighted by Gasteiger charge is 2.19. The maximum atomic E-state index is 11.9. The van der Waals surface area contributed by atoms with Crippen molar-refractivity contribution in [3.05, 3.63) is 12.7 Å². The molecular weight excluding hydrogens is 188 g/mol. The minimum absolute atomic E-state index is 0.282. The molecule has 0 saturated carbocycles. The van der Waals surface area contributed by atoms with Crippen molar-refractivity contribution < 1.29 is 4.79 Å². The van der Waals surface area contributed by atoms with Crippen LogP contribution in [0, 0.1) is 5.92 Å². The summed E-state index contributed by atoms with van der Waals surface area (Å²) in [6.45, 7) is 9.28. The van der Waals surface area contributed by atoms with Crippen molar-refractivity contribution in [1.82, 2.24) is 10.2 Å². The number of carbonyl (C=O) groups excluding carboxylic acids is 1. The Kier molecular flexibility index (Phi) is 5.40. The van der Waals surface area contributed by atoms with Crippen LogP contribution in [0.25, 0.3) is 0 Å². The maximum Gasteiger partial charge on any atom is 0.223 e. The molecule has 0 atom stereocenters. The first kappa shape index (κ1) is 12.2. The van der Waals surface area contributed by atoms with Crippen molar-refractivity contribution in [2.24, 2.45) is 5.92 Å². The van der Waals surface area contributed by atoms with Gasteiger partial charge in [-0.05, 0) is 38.8 Å². The minimum Gasteiger partial charge on any atom is -0.339 e. The molecule has 1 N–H and O–H groups in total. The molecule has 1 saturated heterocycles. The molecule has 1 aliphatic rings. The second-order valence-electron chi connectivity index (χ2n) is 4.12. The fourth-order valence-corrected chi connectivity index (χ4v) is 2.02. The van der Waals surface area contributed by atoms with Gasteiger partial charge in [-0.25, -0.2) is 0 Å². The summed E-state index contributed by atoms with van der Waals surface area (Å²) in [5, 5.41) is 3.32. The van der Waals surface area contributed by atoms with E-state index in [-0.39, 0.29) is 5.91 Å². The number of carbonyl (C=O) groups is 1. The summed E-state index contributed by atoms with van der Waals surface area (Å²) in [6.07, 6.45) is 4.78. The minimum atomic E-state index is 0.282. The molecule has 0 unspecified atom stereocenters. The van der Waals surface area contributed by atoms with E-state index in [1.807, 2.05) is 11.8 Å². The van der Waals surface area contributed by atoms with E-state index >= 15 is 0 Å². The Morgan fingerprint density at radius 2 is 2.20 bits per heavy atom. The topological polar surface area (TPSA) is 32.3 Å². The van der Waals surface area contributed by atoms with Gasteiger partial charge in [-0.3, -0.25) is 4.79 Å². The van der Waals surface area contributed by atoms with E-state index in [1.165, 1.54) is 0 Å². The van der Waals surface area contributed by atoms with Gasteiger partial charge in [-0.15, -0.1) is 6.58 Å². The lowest BCUT2D eigenvalue weighted by Gasteiger charge is -2.25. The summed E-state index contributed by atoms with van der Waals surface area (Å²) >= 11 is 0. The number of nitrogens with one attached hydrogen (secondary N) is 1. The van der Waals surface area contributed by atoms with Crippen LogP contribution in [0.1, 0.15) is 26.2 Å². The molecule has 1 rings (SSSR count). The van der Waals surface area contributed by atoms with Gasteiger partial charge in [0.25, 0.3) is 0 Å². The van der Waals surface area contributed by atoms with Gasteiger partial charge in [-0.2, -0.15) is 0 Å². The van der Waals surface area contributed by atoms with Gasteiger partial charge in [0.1, 0.15) is 0 Å². The smallest absolute Gasteiger partial charge is 0.223 e. The molecule has 1 heterocycles. The van der Waals surface area contributed by atoms with Gasteiger partial charge in [0.05, 0.1) is 0 Å². The predicted octanol–water partition coefficient (Wildman–Crippen LogP) is 1.41. The second kappa shape index (κ2) is 6.62. The molecule has 0 radical (unpaired) electrons. The summed E-state index contributed by atoms with van der Waals surface area (Å²) in [4.78, 5) is 13.8. The maximum absolute atomic E-state index is 11.9. The first-order valence-corrected chi connectivity index (χ1v) is 5.87. The average molecular weight is 210 g/mol. The highest BCUT2D eigenvalue weighted by atomic mass is 16.2. The summed E-state index contributed by atoms with van der Waals surface area (Å²) < 4.78 is 0. The molecule has 0 aromatic heterocycles. The van der Waals surface area contributed by atoms with Gasteiger partial charge >= 0.3 is 0 Å². The fraction of sp³-hybridized carbons (Fsp3) is 0.750. The lowest BCUT2D eigenvalue weighted by molar-refractivity contribution is -0.131. The standard InChI is InChI=1S/C12H22N2O/c1-3-9-14(4-2)12(15)10-11-5-7-13-8-6-11/h3,11,13H,1,4-10H2,2H3. The van der Waals surface area contributed by atoms with Gasteiger partial charge in [0, 0.05) is 19.5 Å². The van der Waals surface area contributed by atoms with E-state index in [4.69, 9.17) is 0 Å². The van der Waals surface area contributed by atoms with Crippen LogP contribution in [0.5, 0.6) is 0 Å². The molecular formula is C12H22N2O. The molecule has 0 aromatic rings. The molecule has 0 aliphatic carbocycles. The van der Waals surface area contributed by atoms with E-state index in [1.54, 1.807) is 6.08 Å². The van der Waals surface area contributed by atoms with Crippen LogP contribution >= 0.6 is 0 Å². The zero-order valence-electron chi connectivity index (χ0n) is 9.67. The van der Waals surface area contributed by atoms with E-state index in [2.05, 4.69) is 11.9 Å². The van der Waals surface area contributed by atoms with E-state index in [0.29, 0.717) is 18.9 Å². The van der Waals surface area contributed by atoms with Crippen LogP contribution in [0.4, 0.5) is 0 Å². The van der Waals surface area contributed by atoms with Gasteiger partial charge in [0.15, 0.2) is 0 Å². The first-order valence-electron chi connectivity index (χ1n) is 5.87. The number of piperidine rings is 1. The number of likely N-dealkylation sites (N-methyl/N-ethyl adjacent to an activating group) is 1. The van der Waals surface area contributed by atoms with Crippen molar-refractivity contribution in [1.29, 1.82) is 0 Å². The highest BCUT2D eigenvalue weighted by Crippen LogP contribution is 2.17. The zero-order valence-corrected chi connectivity index (χ0v) is 9.67. The molecule has 1 aliphatic heterocycles. The quantitative estimate of drug-likeness (QED) is 0.696. The van der Waals surface area contributed by atoms with Crippen molar-refractivity contribution in [3.8, 4) is 0 Å². The van der Waals surface area contributed by atoms with Crippen molar-refractivity contribution >= 4 is 5.91 Å². The Morgan fingerprint density at radius 3 is 2.73 bits per heavy atom. The number of rotatable bonds is 5. The number of amides is 1. The van der Waals surface area contributed by atoms with Crippen LogP contribution in [0.2, 0.25) is 0 Å². The van der Waals surface area contributed by atoms with Crippen molar-refractivity contribution in [3.63, 3.8) is 0 Å². The molecule has 0 bridgehead atoms. The van der Waals surface area contributed by atoms with Crippen LogP contribution in [0.3, 0.4) is 0 Å². The van der Waals surface area contributed by atoms with Crippen molar-refractivity contribution in [2.75, 3.05) is 26.2 Å². The Morgan fingerprint density at radius 1 is 1.53 bits per heavy atom. The predicted molar refractivity (Wildman–Crippen MR) is 62.7 cm³/mol. The van der Waals surface area contributed by atoms with Gasteiger partial charge in [0.2, 0.25) is 5.91 Å². The van der Waals surface area contributed by atoms with Crippen LogP contribution in [0.15, 0.2) is 12.7 Å². The van der Waals surface area contributed by atoms with E-state index in [0.717, 1.165) is 32.5 Å². The van der Waals surface area contributed by atoms with Crippen molar-refractivity contribution in [2.45, 2.75) is 26.2 Å². The Bertz CT molecular complexity index is 210. The average Bonchev–Trinajstić information content (AvgIpc) is 2.27. The Labute approximate surface area is 92.5 Å². The molecule has 1 amide bonds. The third kappa shape index (κ3) is 4.04. The van der Waals surface area contributed by atoms with Crippen LogP contribution in [-0.4, -0.2) is 37.0 Å². The summed E-state index contributed by atoms with van der Waals surface area (Å²) in [5.41, 5.74) is 0. The van der Waals surface area contributed by atoms with Crippen LogP contribution in [-0.2, 0) is 4.79 Å². The Hall–Kier alpha value is -0.830. The zero-order chi connectivity index (χ0) is 11.1. The number of hydrogen-bond donors (Lipinski definition) is 1. The fourth-order valence-electron chi connectivity index (χ4n) is 2.02. The lowest BCUT2D eigenvalue weighted by atomic mass is 9.94. The number of hydrogen-bond acceptors (Lipinski definition) is 2. The third-order valence-electron chi connectivity index (χ3n) is 3.01. The van der Waals surface area contributed by atoms with Crippen LogP contribution < -0.4 is 5.32 Å². The second-order valence-corrected chi connectivity index (χ2v) is 4.12. The van der Waals surface area contributed by atoms with Gasteiger partial charge < -0.3 is 10.2 Å². The molecule has 3 heteroatoms. The Balaban J connectivity index is 2.34. The molecule has 3 nitrogen and oxygen atoms in total. The molecule has 0 spiro atoms. The van der Waals surface area contributed by atoms with Gasteiger partial charge in [-0.1, -0.05) is 6.08 Å². The molecule has 1 fully saturated rings. The van der Waals surface area contributed by atoms with E-state index < -0.39 is 0 Å². The third-order valence-corrected chi connectivity index (χ3v) is 3.01. The largest absolute Gasteiger partial charge is 0.339 e. The lowest BCUT2D eigenvalue weighted by Crippen LogP contribution is -2.35. The SMILES string of the molecule is C=CCN(CC)C(=O)CC1CCNCC1. The molecule has 15 heavy (non-hydrogen) atoms. The normalized spacial score (nSPS) is 17.4. The summed E-state index contributed by atoms with van der Waals surface area (Å²) in [5.74, 6) is 0.863. The number of nitrogens with zero attached hydrogens (tertiary/aromatic N) is 1. The molecule has 0 aromatic carbocycles. The first-order chi connectivity index (χ1) is 7.27.